The predicted molar refractivity (Wildman–Crippen MR) is 79.2 cm³/mol. The lowest BCUT2D eigenvalue weighted by Crippen LogP contribution is -1.95. The molecule has 0 saturated heterocycles. The molecule has 0 aromatic heterocycles. The standard InChI is InChI=1S/C13H8Cl3NO3/c14-7-8-3-1-2-4-12(8)20-13-6-10(16)9(15)5-11(13)17(18)19/h1-6H,7H2. The minimum atomic E-state index is -0.582. The smallest absolute Gasteiger partial charge is 0.313 e. The molecule has 2 aromatic rings. The van der Waals surface area contributed by atoms with E-state index >= 15 is 0 Å². The van der Waals surface area contributed by atoms with Crippen LogP contribution in [0, 0.1) is 10.1 Å². The lowest BCUT2D eigenvalue weighted by molar-refractivity contribution is -0.385. The fourth-order valence-corrected chi connectivity index (χ4v) is 2.11. The van der Waals surface area contributed by atoms with Crippen LogP contribution in [0.2, 0.25) is 10.0 Å². The quantitative estimate of drug-likeness (QED) is 0.426. The molecule has 2 rings (SSSR count). The minimum Gasteiger partial charge on any atom is -0.450 e. The van der Waals surface area contributed by atoms with Gasteiger partial charge in [-0.2, -0.15) is 0 Å². The van der Waals surface area contributed by atoms with E-state index in [1.54, 1.807) is 24.3 Å². The number of rotatable bonds is 4. The highest BCUT2D eigenvalue weighted by molar-refractivity contribution is 6.42. The van der Waals surface area contributed by atoms with Crippen LogP contribution < -0.4 is 4.74 Å². The van der Waals surface area contributed by atoms with E-state index in [1.165, 1.54) is 6.07 Å². The number of ether oxygens (including phenoxy) is 1. The van der Waals surface area contributed by atoms with Crippen LogP contribution in [0.15, 0.2) is 36.4 Å². The van der Waals surface area contributed by atoms with E-state index in [9.17, 15) is 10.1 Å². The fourth-order valence-electron chi connectivity index (χ4n) is 1.57. The third-order valence-corrected chi connectivity index (χ3v) is 3.55. The third-order valence-electron chi connectivity index (χ3n) is 2.54. The van der Waals surface area contributed by atoms with Crippen LogP contribution in [0.4, 0.5) is 5.69 Å². The summed E-state index contributed by atoms with van der Waals surface area (Å²) in [4.78, 5) is 10.4. The number of hydrogen-bond acceptors (Lipinski definition) is 3. The monoisotopic (exact) mass is 331 g/mol. The molecule has 0 bridgehead atoms. The van der Waals surface area contributed by atoms with Crippen molar-refractivity contribution >= 4 is 40.5 Å². The first kappa shape index (κ1) is 14.9. The lowest BCUT2D eigenvalue weighted by Gasteiger charge is -2.10. The topological polar surface area (TPSA) is 52.4 Å². The van der Waals surface area contributed by atoms with E-state index in [-0.39, 0.29) is 27.4 Å². The zero-order chi connectivity index (χ0) is 14.7. The van der Waals surface area contributed by atoms with Crippen LogP contribution >= 0.6 is 34.8 Å². The van der Waals surface area contributed by atoms with Crippen molar-refractivity contribution in [3.8, 4) is 11.5 Å². The summed E-state index contributed by atoms with van der Waals surface area (Å²) in [6.45, 7) is 0. The first-order chi connectivity index (χ1) is 9.52. The van der Waals surface area contributed by atoms with Crippen molar-refractivity contribution in [2.75, 3.05) is 0 Å². The Hall–Kier alpha value is -1.49. The summed E-state index contributed by atoms with van der Waals surface area (Å²) in [6.07, 6.45) is 0. The molecule has 0 amide bonds. The van der Waals surface area contributed by atoms with Crippen LogP contribution in [0.5, 0.6) is 11.5 Å². The number of alkyl halides is 1. The zero-order valence-electron chi connectivity index (χ0n) is 9.98. The van der Waals surface area contributed by atoms with E-state index in [2.05, 4.69) is 0 Å². The number of nitro benzene ring substituents is 1. The molecule has 0 aliphatic carbocycles. The Bertz CT molecular complexity index is 661. The van der Waals surface area contributed by atoms with Gasteiger partial charge in [0.1, 0.15) is 5.75 Å². The fraction of sp³-hybridized carbons (Fsp3) is 0.0769. The van der Waals surface area contributed by atoms with Gasteiger partial charge in [-0.25, -0.2) is 0 Å². The summed E-state index contributed by atoms with van der Waals surface area (Å²) in [5, 5.41) is 11.3. The van der Waals surface area contributed by atoms with Gasteiger partial charge in [0.25, 0.3) is 0 Å². The molecule has 0 aliphatic rings. The van der Waals surface area contributed by atoms with Gasteiger partial charge in [-0.3, -0.25) is 10.1 Å². The summed E-state index contributed by atoms with van der Waals surface area (Å²) in [5.41, 5.74) is 0.457. The highest BCUT2D eigenvalue weighted by atomic mass is 35.5. The molecule has 7 heteroatoms. The van der Waals surface area contributed by atoms with E-state index < -0.39 is 4.92 Å². The number of nitro groups is 1. The summed E-state index contributed by atoms with van der Waals surface area (Å²) in [7, 11) is 0. The van der Waals surface area contributed by atoms with Crippen molar-refractivity contribution in [2.45, 2.75) is 5.88 Å². The predicted octanol–water partition coefficient (Wildman–Crippen LogP) is 5.43. The first-order valence-electron chi connectivity index (χ1n) is 5.48. The number of nitrogens with zero attached hydrogens (tertiary/aromatic N) is 1. The molecular weight excluding hydrogens is 325 g/mol. The number of para-hydroxylation sites is 1. The number of halogens is 3. The first-order valence-corrected chi connectivity index (χ1v) is 6.77. The Morgan fingerprint density at radius 2 is 1.75 bits per heavy atom. The molecule has 0 N–H and O–H groups in total. The highest BCUT2D eigenvalue weighted by Crippen LogP contribution is 2.38. The van der Waals surface area contributed by atoms with Crippen LogP contribution in [0.3, 0.4) is 0 Å². The van der Waals surface area contributed by atoms with Crippen molar-refractivity contribution in [1.29, 1.82) is 0 Å². The van der Waals surface area contributed by atoms with Gasteiger partial charge < -0.3 is 4.74 Å². The van der Waals surface area contributed by atoms with Crippen molar-refractivity contribution in [3.05, 3.63) is 62.1 Å². The SMILES string of the molecule is O=[N+]([O-])c1cc(Cl)c(Cl)cc1Oc1ccccc1CCl. The normalized spacial score (nSPS) is 10.3. The molecule has 2 aromatic carbocycles. The van der Waals surface area contributed by atoms with Crippen LogP contribution in [0.25, 0.3) is 0 Å². The average molecular weight is 333 g/mol. The second kappa shape index (κ2) is 6.31. The van der Waals surface area contributed by atoms with Gasteiger partial charge in [-0.15, -0.1) is 11.6 Å². The molecule has 0 heterocycles. The van der Waals surface area contributed by atoms with Crippen LogP contribution in [0.1, 0.15) is 5.56 Å². The van der Waals surface area contributed by atoms with Gasteiger partial charge in [0, 0.05) is 17.7 Å². The van der Waals surface area contributed by atoms with E-state index in [0.29, 0.717) is 5.75 Å². The van der Waals surface area contributed by atoms with Gasteiger partial charge in [0.05, 0.1) is 20.8 Å². The molecule has 4 nitrogen and oxygen atoms in total. The Kier molecular flexibility index (Phi) is 4.70. The van der Waals surface area contributed by atoms with Crippen molar-refractivity contribution in [2.24, 2.45) is 0 Å². The van der Waals surface area contributed by atoms with Crippen molar-refractivity contribution in [1.82, 2.24) is 0 Å². The molecule has 0 aliphatic heterocycles. The summed E-state index contributed by atoms with van der Waals surface area (Å²) in [5.74, 6) is 0.677. The summed E-state index contributed by atoms with van der Waals surface area (Å²) in [6, 6.07) is 9.45. The maximum atomic E-state index is 11.0. The number of benzene rings is 2. The third kappa shape index (κ3) is 3.15. The van der Waals surface area contributed by atoms with Crippen molar-refractivity contribution in [3.63, 3.8) is 0 Å². The molecule has 0 unspecified atom stereocenters. The molecule has 0 radical (unpaired) electrons. The molecule has 20 heavy (non-hydrogen) atoms. The highest BCUT2D eigenvalue weighted by Gasteiger charge is 2.19. The number of hydrogen-bond donors (Lipinski definition) is 0. The second-order valence-corrected chi connectivity index (χ2v) is 4.92. The van der Waals surface area contributed by atoms with Gasteiger partial charge in [0.15, 0.2) is 0 Å². The lowest BCUT2D eigenvalue weighted by atomic mass is 10.2. The van der Waals surface area contributed by atoms with E-state index in [1.807, 2.05) is 0 Å². The van der Waals surface area contributed by atoms with Gasteiger partial charge >= 0.3 is 5.69 Å². The van der Waals surface area contributed by atoms with Gasteiger partial charge in [-0.05, 0) is 6.07 Å². The Morgan fingerprint density at radius 1 is 1.10 bits per heavy atom. The molecule has 0 spiro atoms. The van der Waals surface area contributed by atoms with Crippen LogP contribution in [-0.4, -0.2) is 4.92 Å². The zero-order valence-corrected chi connectivity index (χ0v) is 12.2. The van der Waals surface area contributed by atoms with E-state index in [4.69, 9.17) is 39.5 Å². The molecule has 0 fully saturated rings. The maximum Gasteiger partial charge on any atom is 0.313 e. The summed E-state index contributed by atoms with van der Waals surface area (Å²) < 4.78 is 5.56. The minimum absolute atomic E-state index is 0.0157. The maximum absolute atomic E-state index is 11.0. The Morgan fingerprint density at radius 3 is 2.40 bits per heavy atom. The van der Waals surface area contributed by atoms with Gasteiger partial charge in [-0.1, -0.05) is 41.4 Å². The Labute approximate surface area is 130 Å². The molecule has 0 saturated carbocycles. The second-order valence-electron chi connectivity index (χ2n) is 3.83. The van der Waals surface area contributed by atoms with Gasteiger partial charge in [0.2, 0.25) is 5.75 Å². The largest absolute Gasteiger partial charge is 0.450 e. The molecule has 104 valence electrons. The summed E-state index contributed by atoms with van der Waals surface area (Å²) >= 11 is 17.4. The van der Waals surface area contributed by atoms with Crippen molar-refractivity contribution < 1.29 is 9.66 Å². The van der Waals surface area contributed by atoms with Crippen LogP contribution in [-0.2, 0) is 5.88 Å². The average Bonchev–Trinajstić information content (AvgIpc) is 2.43. The molecular formula is C13H8Cl3NO3. The molecule has 0 atom stereocenters. The Balaban J connectivity index is 2.47. The van der Waals surface area contributed by atoms with E-state index in [0.717, 1.165) is 11.6 Å².